The summed E-state index contributed by atoms with van der Waals surface area (Å²) in [4.78, 5) is 0. The predicted octanol–water partition coefficient (Wildman–Crippen LogP) is 0.588. The van der Waals surface area contributed by atoms with Crippen molar-refractivity contribution in [2.75, 3.05) is 0 Å². The molecule has 0 aliphatic carbocycles. The van der Waals surface area contributed by atoms with Crippen LogP contribution in [0.2, 0.25) is 0 Å². The van der Waals surface area contributed by atoms with E-state index in [1.54, 1.807) is 12.1 Å². The summed E-state index contributed by atoms with van der Waals surface area (Å²) in [7, 11) is 0. The number of benzene rings is 1. The van der Waals surface area contributed by atoms with Crippen LogP contribution in [0.1, 0.15) is 19.6 Å². The van der Waals surface area contributed by atoms with E-state index in [2.05, 4.69) is 19.2 Å². The maximum Gasteiger partial charge on any atom is 0.134 e. The van der Waals surface area contributed by atoms with Crippen molar-refractivity contribution >= 4 is 0 Å². The highest BCUT2D eigenvalue weighted by atomic mass is 35.5. The lowest BCUT2D eigenvalue weighted by Crippen LogP contribution is -3.00. The van der Waals surface area contributed by atoms with Crippen molar-refractivity contribution in [2.24, 2.45) is 0 Å². The Bertz CT molecular complexity index is 479. The molecule has 0 radical (unpaired) electrons. The molecule has 2 nitrogen and oxygen atoms in total. The molecule has 1 heterocycles. The SMILES string of the molecule is CC(C)NCc1ccc(-c2ccc(F)cc2)o1.[Cl-]. The lowest BCUT2D eigenvalue weighted by Gasteiger charge is -2.05. The summed E-state index contributed by atoms with van der Waals surface area (Å²) >= 11 is 0. The Hall–Kier alpha value is -1.32. The fourth-order valence-corrected chi connectivity index (χ4v) is 1.55. The van der Waals surface area contributed by atoms with Crippen LogP contribution in [0, 0.1) is 5.82 Å². The summed E-state index contributed by atoms with van der Waals surface area (Å²) in [6.07, 6.45) is 0. The lowest BCUT2D eigenvalue weighted by molar-refractivity contribution is -0.00000485. The van der Waals surface area contributed by atoms with Gasteiger partial charge in [0.2, 0.25) is 0 Å². The molecule has 1 aromatic carbocycles. The average Bonchev–Trinajstić information content (AvgIpc) is 2.76. The molecule has 0 fully saturated rings. The first-order valence-corrected chi connectivity index (χ1v) is 5.73. The number of nitrogens with one attached hydrogen (secondary N) is 1. The topological polar surface area (TPSA) is 25.2 Å². The van der Waals surface area contributed by atoms with E-state index in [0.29, 0.717) is 12.6 Å². The molecule has 2 rings (SSSR count). The number of hydrogen-bond acceptors (Lipinski definition) is 2. The van der Waals surface area contributed by atoms with E-state index in [1.807, 2.05) is 12.1 Å². The van der Waals surface area contributed by atoms with E-state index in [9.17, 15) is 4.39 Å². The van der Waals surface area contributed by atoms with Gasteiger partial charge >= 0.3 is 0 Å². The van der Waals surface area contributed by atoms with Crippen LogP contribution in [-0.4, -0.2) is 6.04 Å². The lowest BCUT2D eigenvalue weighted by atomic mass is 10.2. The molecular formula is C14H16ClFNO-. The largest absolute Gasteiger partial charge is 1.00 e. The van der Waals surface area contributed by atoms with Crippen LogP contribution in [0.15, 0.2) is 40.8 Å². The van der Waals surface area contributed by atoms with E-state index in [4.69, 9.17) is 4.42 Å². The van der Waals surface area contributed by atoms with Crippen molar-refractivity contribution in [1.29, 1.82) is 0 Å². The summed E-state index contributed by atoms with van der Waals surface area (Å²) in [5.41, 5.74) is 0.891. The van der Waals surface area contributed by atoms with E-state index < -0.39 is 0 Å². The predicted molar refractivity (Wildman–Crippen MR) is 66.1 cm³/mol. The second kappa shape index (κ2) is 6.57. The molecule has 98 valence electrons. The van der Waals surface area contributed by atoms with Crippen LogP contribution >= 0.6 is 0 Å². The molecule has 0 bridgehead atoms. The van der Waals surface area contributed by atoms with Gasteiger partial charge in [0.05, 0.1) is 6.54 Å². The molecule has 4 heteroatoms. The second-order valence-electron chi connectivity index (χ2n) is 4.31. The van der Waals surface area contributed by atoms with Gasteiger partial charge in [0, 0.05) is 11.6 Å². The smallest absolute Gasteiger partial charge is 0.134 e. The molecule has 0 atom stereocenters. The third kappa shape index (κ3) is 3.86. The number of hydrogen-bond donors (Lipinski definition) is 1. The maximum atomic E-state index is 12.8. The van der Waals surface area contributed by atoms with Gasteiger partial charge < -0.3 is 22.1 Å². The molecule has 1 N–H and O–H groups in total. The van der Waals surface area contributed by atoms with E-state index in [0.717, 1.165) is 17.1 Å². The van der Waals surface area contributed by atoms with Gasteiger partial charge in [0.25, 0.3) is 0 Å². The molecule has 1 aromatic heterocycles. The van der Waals surface area contributed by atoms with Gasteiger partial charge in [-0.1, -0.05) is 13.8 Å². The third-order valence-electron chi connectivity index (χ3n) is 2.47. The van der Waals surface area contributed by atoms with E-state index >= 15 is 0 Å². The minimum absolute atomic E-state index is 0. The van der Waals surface area contributed by atoms with Crippen LogP contribution < -0.4 is 17.7 Å². The van der Waals surface area contributed by atoms with E-state index in [1.165, 1.54) is 12.1 Å². The van der Waals surface area contributed by atoms with Crippen molar-refractivity contribution in [1.82, 2.24) is 5.32 Å². The van der Waals surface area contributed by atoms with Crippen LogP contribution in [0.3, 0.4) is 0 Å². The van der Waals surface area contributed by atoms with Gasteiger partial charge in [-0.05, 0) is 36.4 Å². The first kappa shape index (κ1) is 14.7. The van der Waals surface area contributed by atoms with Crippen LogP contribution in [0.25, 0.3) is 11.3 Å². The summed E-state index contributed by atoms with van der Waals surface area (Å²) in [5, 5.41) is 3.28. The van der Waals surface area contributed by atoms with Gasteiger partial charge in [-0.2, -0.15) is 0 Å². The molecule has 0 spiro atoms. The Morgan fingerprint density at radius 1 is 1.11 bits per heavy atom. The summed E-state index contributed by atoms with van der Waals surface area (Å²) in [6, 6.07) is 10.6. The Labute approximate surface area is 113 Å². The van der Waals surface area contributed by atoms with Gasteiger partial charge in [0.15, 0.2) is 0 Å². The van der Waals surface area contributed by atoms with Crippen molar-refractivity contribution in [3.8, 4) is 11.3 Å². The summed E-state index contributed by atoms with van der Waals surface area (Å²) in [6.45, 7) is 4.88. The van der Waals surface area contributed by atoms with Crippen LogP contribution in [0.5, 0.6) is 0 Å². The Kier molecular flexibility index (Phi) is 5.38. The van der Waals surface area contributed by atoms with Crippen molar-refractivity contribution in [3.63, 3.8) is 0 Å². The normalized spacial score (nSPS) is 10.4. The zero-order chi connectivity index (χ0) is 12.3. The highest BCUT2D eigenvalue weighted by molar-refractivity contribution is 5.57. The van der Waals surface area contributed by atoms with E-state index in [-0.39, 0.29) is 18.2 Å². The fourth-order valence-electron chi connectivity index (χ4n) is 1.55. The molecule has 0 unspecified atom stereocenters. The number of rotatable bonds is 4. The standard InChI is InChI=1S/C14H16FNO.ClH/c1-10(2)16-9-13-7-8-14(17-13)11-3-5-12(15)6-4-11;/h3-8,10,16H,9H2,1-2H3;1H/p-1. The first-order valence-electron chi connectivity index (χ1n) is 5.73. The summed E-state index contributed by atoms with van der Waals surface area (Å²) in [5.74, 6) is 1.42. The fraction of sp³-hybridized carbons (Fsp3) is 0.286. The van der Waals surface area contributed by atoms with Crippen LogP contribution in [0.4, 0.5) is 4.39 Å². The Morgan fingerprint density at radius 3 is 2.39 bits per heavy atom. The zero-order valence-corrected chi connectivity index (χ0v) is 11.2. The molecule has 0 amide bonds. The highest BCUT2D eigenvalue weighted by Crippen LogP contribution is 2.22. The maximum absolute atomic E-state index is 12.8. The minimum atomic E-state index is -0.234. The average molecular weight is 269 g/mol. The van der Waals surface area contributed by atoms with Crippen molar-refractivity contribution in [2.45, 2.75) is 26.4 Å². The highest BCUT2D eigenvalue weighted by Gasteiger charge is 2.05. The molecule has 2 aromatic rings. The third-order valence-corrected chi connectivity index (χ3v) is 2.47. The Morgan fingerprint density at radius 2 is 1.78 bits per heavy atom. The van der Waals surface area contributed by atoms with Crippen molar-refractivity contribution in [3.05, 3.63) is 48.0 Å². The molecule has 0 aliphatic rings. The molecule has 0 saturated carbocycles. The van der Waals surface area contributed by atoms with Crippen LogP contribution in [-0.2, 0) is 6.54 Å². The first-order chi connectivity index (χ1) is 8.15. The monoisotopic (exact) mass is 268 g/mol. The molecule has 0 saturated heterocycles. The quantitative estimate of drug-likeness (QED) is 0.878. The van der Waals surface area contributed by atoms with Crippen molar-refractivity contribution < 1.29 is 21.2 Å². The molecular weight excluding hydrogens is 253 g/mol. The molecule has 18 heavy (non-hydrogen) atoms. The minimum Gasteiger partial charge on any atom is -1.00 e. The van der Waals surface area contributed by atoms with Gasteiger partial charge in [-0.3, -0.25) is 0 Å². The zero-order valence-electron chi connectivity index (χ0n) is 10.4. The number of furan rings is 1. The number of halogens is 2. The van der Waals surface area contributed by atoms with Gasteiger partial charge in [0.1, 0.15) is 17.3 Å². The van der Waals surface area contributed by atoms with Gasteiger partial charge in [-0.25, -0.2) is 4.39 Å². The van der Waals surface area contributed by atoms with Gasteiger partial charge in [-0.15, -0.1) is 0 Å². The second-order valence-corrected chi connectivity index (χ2v) is 4.31. The summed E-state index contributed by atoms with van der Waals surface area (Å²) < 4.78 is 18.5. The molecule has 0 aliphatic heterocycles. The Balaban J connectivity index is 0.00000162.